The molecule has 0 aliphatic heterocycles. The molecule has 4 nitrogen and oxygen atoms in total. The first-order valence-corrected chi connectivity index (χ1v) is 8.62. The number of nitrogens with zero attached hydrogens (tertiary/aromatic N) is 1. The van der Waals surface area contributed by atoms with Crippen molar-refractivity contribution in [3.05, 3.63) is 24.0 Å². The van der Waals surface area contributed by atoms with E-state index in [1.165, 1.54) is 5.69 Å². The van der Waals surface area contributed by atoms with Crippen LogP contribution in [-0.4, -0.2) is 33.9 Å². The van der Waals surface area contributed by atoms with Crippen molar-refractivity contribution < 1.29 is 8.85 Å². The molecule has 0 aliphatic rings. The largest absolute Gasteiger partial charge is 0.398 e. The molecule has 0 amide bonds. The Bertz CT molecular complexity index is 324. The lowest BCUT2D eigenvalue weighted by atomic mass is 10.2. The molecule has 0 spiro atoms. The van der Waals surface area contributed by atoms with Gasteiger partial charge in [-0.25, -0.2) is 0 Å². The average molecular weight is 256 g/mol. The van der Waals surface area contributed by atoms with Crippen LogP contribution in [-0.2, 0) is 21.8 Å². The molecule has 2 N–H and O–H groups in total. The van der Waals surface area contributed by atoms with Gasteiger partial charge in [0.05, 0.1) is 0 Å². The summed E-state index contributed by atoms with van der Waals surface area (Å²) in [4.78, 5) is 0. The van der Waals surface area contributed by atoms with Crippen molar-refractivity contribution in [1.82, 2.24) is 4.57 Å². The summed E-state index contributed by atoms with van der Waals surface area (Å²) >= 11 is 0. The quantitative estimate of drug-likeness (QED) is 0.721. The number of nitrogens with two attached hydrogens (primary N) is 1. The van der Waals surface area contributed by atoms with E-state index in [9.17, 15) is 0 Å². The monoisotopic (exact) mass is 256 g/mol. The molecule has 0 aliphatic carbocycles. The Hall–Kier alpha value is -0.623. The Kier molecular flexibility index (Phi) is 5.91. The van der Waals surface area contributed by atoms with Gasteiger partial charge in [-0.05, 0) is 37.6 Å². The van der Waals surface area contributed by atoms with Gasteiger partial charge >= 0.3 is 8.56 Å². The summed E-state index contributed by atoms with van der Waals surface area (Å²) in [5.41, 5.74) is 6.92. The van der Waals surface area contributed by atoms with Crippen molar-refractivity contribution in [3.63, 3.8) is 0 Å². The fourth-order valence-corrected chi connectivity index (χ4v) is 3.31. The number of aryl methyl sites for hydroxylation is 1. The molecule has 0 saturated carbocycles. The van der Waals surface area contributed by atoms with E-state index in [1.54, 1.807) is 14.2 Å². The number of rotatable bonds is 8. The molecular weight excluding hydrogens is 232 g/mol. The van der Waals surface area contributed by atoms with Crippen molar-refractivity contribution in [1.29, 1.82) is 0 Å². The first kappa shape index (κ1) is 14.4. The maximum Gasteiger partial charge on any atom is 0.334 e. The Morgan fingerprint density at radius 2 is 2.06 bits per heavy atom. The van der Waals surface area contributed by atoms with Crippen LogP contribution in [0.4, 0.5) is 0 Å². The highest BCUT2D eigenvalue weighted by atomic mass is 28.4. The van der Waals surface area contributed by atoms with Crippen LogP contribution >= 0.6 is 0 Å². The lowest BCUT2D eigenvalue weighted by Gasteiger charge is -2.22. The molecule has 0 radical (unpaired) electrons. The third-order valence-corrected chi connectivity index (χ3v) is 6.21. The maximum atomic E-state index is 5.58. The molecule has 1 heterocycles. The highest BCUT2D eigenvalue weighted by Crippen LogP contribution is 2.16. The Balaban J connectivity index is 2.42. The van der Waals surface area contributed by atoms with E-state index in [0.717, 1.165) is 25.4 Å². The Labute approximate surface area is 105 Å². The summed E-state index contributed by atoms with van der Waals surface area (Å²) < 4.78 is 13.2. The zero-order chi connectivity index (χ0) is 12.7. The van der Waals surface area contributed by atoms with Crippen LogP contribution in [0.3, 0.4) is 0 Å². The molecule has 0 fully saturated rings. The Morgan fingerprint density at radius 3 is 2.65 bits per heavy atom. The maximum absolute atomic E-state index is 5.58. The van der Waals surface area contributed by atoms with Gasteiger partial charge in [0.1, 0.15) is 0 Å². The number of aromatic nitrogens is 1. The molecule has 0 unspecified atom stereocenters. The van der Waals surface area contributed by atoms with Gasteiger partial charge in [0.15, 0.2) is 0 Å². The van der Waals surface area contributed by atoms with Crippen molar-refractivity contribution in [3.8, 4) is 0 Å². The molecule has 1 aromatic rings. The molecule has 0 atom stereocenters. The van der Waals surface area contributed by atoms with Crippen molar-refractivity contribution >= 4 is 8.56 Å². The third-order valence-electron chi connectivity index (χ3n) is 3.22. The van der Waals surface area contributed by atoms with E-state index in [0.29, 0.717) is 6.54 Å². The van der Waals surface area contributed by atoms with Gasteiger partial charge in [-0.3, -0.25) is 0 Å². The van der Waals surface area contributed by atoms with Crippen LogP contribution in [0.2, 0.25) is 12.6 Å². The summed E-state index contributed by atoms with van der Waals surface area (Å²) in [5, 5.41) is 0. The summed E-state index contributed by atoms with van der Waals surface area (Å²) in [7, 11) is 1.59. The molecule has 0 aromatic carbocycles. The molecule has 98 valence electrons. The summed E-state index contributed by atoms with van der Waals surface area (Å²) in [6, 6.07) is 5.26. The normalized spacial score (nSPS) is 12.0. The highest BCUT2D eigenvalue weighted by molar-refractivity contribution is 6.65. The molecule has 5 heteroatoms. The van der Waals surface area contributed by atoms with E-state index < -0.39 is 8.56 Å². The minimum atomic E-state index is -1.90. The molecule has 0 saturated heterocycles. The van der Waals surface area contributed by atoms with Gasteiger partial charge in [-0.1, -0.05) is 0 Å². The summed E-state index contributed by atoms with van der Waals surface area (Å²) in [6.07, 6.45) is 4.24. The van der Waals surface area contributed by atoms with Gasteiger partial charge in [-0.2, -0.15) is 0 Å². The van der Waals surface area contributed by atoms with Crippen molar-refractivity contribution in [2.24, 2.45) is 5.73 Å². The standard InChI is InChI=1S/C12H24N2O2Si/c1-15-17(3,16-2)11-5-7-12-6-4-9-14(12)10-8-13/h4,6,9H,5,7-8,10-11,13H2,1-3H3. The highest BCUT2D eigenvalue weighted by Gasteiger charge is 2.27. The first-order chi connectivity index (χ1) is 8.15. The zero-order valence-corrected chi connectivity index (χ0v) is 12.1. The van der Waals surface area contributed by atoms with Crippen LogP contribution in [0.5, 0.6) is 0 Å². The average Bonchev–Trinajstić information content (AvgIpc) is 2.77. The number of hydrogen-bond acceptors (Lipinski definition) is 3. The SMILES string of the molecule is CO[Si](C)(CCCc1cccn1CCN)OC. The fourth-order valence-electron chi connectivity index (χ4n) is 1.91. The van der Waals surface area contributed by atoms with Gasteiger partial charge in [0.25, 0.3) is 0 Å². The van der Waals surface area contributed by atoms with Crippen LogP contribution < -0.4 is 5.73 Å². The fraction of sp³-hybridized carbons (Fsp3) is 0.667. The van der Waals surface area contributed by atoms with Gasteiger partial charge < -0.3 is 19.2 Å². The van der Waals surface area contributed by atoms with Crippen LogP contribution in [0.15, 0.2) is 18.3 Å². The smallest absolute Gasteiger partial charge is 0.334 e. The lowest BCUT2D eigenvalue weighted by Crippen LogP contribution is -2.35. The summed E-state index contributed by atoms with van der Waals surface area (Å²) in [6.45, 7) is 3.68. The van der Waals surface area contributed by atoms with Crippen molar-refractivity contribution in [2.75, 3.05) is 20.8 Å². The van der Waals surface area contributed by atoms with Crippen LogP contribution in [0.25, 0.3) is 0 Å². The van der Waals surface area contributed by atoms with E-state index >= 15 is 0 Å². The molecule has 1 aromatic heterocycles. The van der Waals surface area contributed by atoms with Crippen molar-refractivity contribution in [2.45, 2.75) is 32.0 Å². The minimum absolute atomic E-state index is 0.685. The molecule has 1 rings (SSSR count). The minimum Gasteiger partial charge on any atom is -0.398 e. The first-order valence-electron chi connectivity index (χ1n) is 6.09. The van der Waals surface area contributed by atoms with Gasteiger partial charge in [-0.15, -0.1) is 0 Å². The second-order valence-electron chi connectivity index (χ2n) is 4.38. The van der Waals surface area contributed by atoms with Gasteiger partial charge in [0.2, 0.25) is 0 Å². The predicted molar refractivity (Wildman–Crippen MR) is 72.3 cm³/mol. The topological polar surface area (TPSA) is 49.4 Å². The molecule has 17 heavy (non-hydrogen) atoms. The zero-order valence-electron chi connectivity index (χ0n) is 11.1. The van der Waals surface area contributed by atoms with E-state index in [2.05, 4.69) is 29.4 Å². The lowest BCUT2D eigenvalue weighted by molar-refractivity contribution is 0.248. The number of hydrogen-bond donors (Lipinski definition) is 1. The second-order valence-corrected chi connectivity index (χ2v) is 7.96. The van der Waals surface area contributed by atoms with E-state index in [4.69, 9.17) is 14.6 Å². The summed E-state index contributed by atoms with van der Waals surface area (Å²) in [5.74, 6) is 0. The molecule has 0 bridgehead atoms. The predicted octanol–water partition coefficient (Wildman–Crippen LogP) is 1.74. The molecular formula is C12H24N2O2Si. The van der Waals surface area contributed by atoms with E-state index in [1.807, 2.05) is 0 Å². The second kappa shape index (κ2) is 6.96. The van der Waals surface area contributed by atoms with Gasteiger partial charge in [0, 0.05) is 39.2 Å². The third kappa shape index (κ3) is 4.27. The van der Waals surface area contributed by atoms with Crippen LogP contribution in [0.1, 0.15) is 12.1 Å². The van der Waals surface area contributed by atoms with Crippen LogP contribution in [0, 0.1) is 0 Å². The Morgan fingerprint density at radius 1 is 1.35 bits per heavy atom. The van der Waals surface area contributed by atoms with E-state index in [-0.39, 0.29) is 0 Å².